The fourth-order valence-electron chi connectivity index (χ4n) is 2.97. The molecule has 1 heterocycles. The third kappa shape index (κ3) is 6.88. The number of carboxylic acids is 1. The maximum Gasteiger partial charge on any atom is 0.410 e. The van der Waals surface area contributed by atoms with Crippen LogP contribution in [0.2, 0.25) is 0 Å². The summed E-state index contributed by atoms with van der Waals surface area (Å²) in [5.41, 5.74) is 1.06. The predicted octanol–water partition coefficient (Wildman–Crippen LogP) is 3.00. The fourth-order valence-corrected chi connectivity index (χ4v) is 2.97. The molecule has 1 aromatic rings. The molecule has 0 bridgehead atoms. The van der Waals surface area contributed by atoms with Gasteiger partial charge in [0.1, 0.15) is 6.61 Å². The number of aliphatic hydroxyl groups excluding tert-OH is 1. The van der Waals surface area contributed by atoms with Gasteiger partial charge in [-0.2, -0.15) is 0 Å². The van der Waals surface area contributed by atoms with E-state index in [-0.39, 0.29) is 18.6 Å². The SMILES string of the molecule is O=C(O)CCCCCCN1C(=O)OCC1/C=C/C(O)Cc1ccccc1. The quantitative estimate of drug-likeness (QED) is 0.467. The first kappa shape index (κ1) is 20.0. The Kier molecular flexibility index (Phi) is 8.15. The summed E-state index contributed by atoms with van der Waals surface area (Å²) in [6.45, 7) is 0.877. The number of carboxylic acid groups (broad SMARTS) is 1. The van der Waals surface area contributed by atoms with E-state index < -0.39 is 12.1 Å². The highest BCUT2D eigenvalue weighted by Gasteiger charge is 2.30. The summed E-state index contributed by atoms with van der Waals surface area (Å²) in [5, 5.41) is 18.8. The van der Waals surface area contributed by atoms with Gasteiger partial charge in [-0.1, -0.05) is 55.3 Å². The van der Waals surface area contributed by atoms with Gasteiger partial charge in [0.2, 0.25) is 0 Å². The average Bonchev–Trinajstić information content (AvgIpc) is 2.97. The number of benzene rings is 1. The Morgan fingerprint density at radius 1 is 1.23 bits per heavy atom. The van der Waals surface area contributed by atoms with E-state index in [1.54, 1.807) is 11.0 Å². The molecule has 26 heavy (non-hydrogen) atoms. The molecule has 1 saturated heterocycles. The Labute approximate surface area is 154 Å². The highest BCUT2D eigenvalue weighted by Crippen LogP contribution is 2.16. The van der Waals surface area contributed by atoms with E-state index in [2.05, 4.69) is 0 Å². The van der Waals surface area contributed by atoms with Crippen molar-refractivity contribution in [2.45, 2.75) is 50.7 Å². The lowest BCUT2D eigenvalue weighted by molar-refractivity contribution is -0.137. The van der Waals surface area contributed by atoms with Crippen LogP contribution in [0.1, 0.15) is 37.7 Å². The molecule has 2 rings (SSSR count). The Morgan fingerprint density at radius 2 is 1.96 bits per heavy atom. The van der Waals surface area contributed by atoms with Crippen LogP contribution in [0, 0.1) is 0 Å². The Morgan fingerprint density at radius 3 is 2.69 bits per heavy atom. The minimum absolute atomic E-state index is 0.160. The van der Waals surface area contributed by atoms with Crippen molar-refractivity contribution in [3.8, 4) is 0 Å². The lowest BCUT2D eigenvalue weighted by Crippen LogP contribution is -2.33. The fraction of sp³-hybridized carbons (Fsp3) is 0.500. The van der Waals surface area contributed by atoms with E-state index >= 15 is 0 Å². The minimum atomic E-state index is -0.771. The van der Waals surface area contributed by atoms with Gasteiger partial charge in [-0.15, -0.1) is 0 Å². The molecule has 6 nitrogen and oxygen atoms in total. The van der Waals surface area contributed by atoms with E-state index in [0.29, 0.717) is 26.0 Å². The number of nitrogens with zero attached hydrogens (tertiary/aromatic N) is 1. The second-order valence-electron chi connectivity index (χ2n) is 6.54. The largest absolute Gasteiger partial charge is 0.481 e. The van der Waals surface area contributed by atoms with Crippen LogP contribution in [0.15, 0.2) is 42.5 Å². The maximum atomic E-state index is 11.9. The number of carbonyl (C=O) groups is 2. The third-order valence-corrected chi connectivity index (χ3v) is 4.40. The van der Waals surface area contributed by atoms with E-state index in [1.165, 1.54) is 0 Å². The Bertz CT molecular complexity index is 601. The standard InChI is InChI=1S/C20H27NO5/c22-18(14-16-8-4-3-5-9-16)12-11-17-15-26-20(25)21(17)13-7-2-1-6-10-19(23)24/h3-5,8-9,11-12,17-18,22H,1-2,6-7,10,13-15H2,(H,23,24)/b12-11+. The molecule has 0 radical (unpaired) electrons. The van der Waals surface area contributed by atoms with Gasteiger partial charge in [-0.25, -0.2) is 4.79 Å². The number of hydrogen-bond donors (Lipinski definition) is 2. The van der Waals surface area contributed by atoms with Crippen LogP contribution in [0.25, 0.3) is 0 Å². The van der Waals surface area contributed by atoms with Crippen molar-refractivity contribution in [3.05, 3.63) is 48.0 Å². The number of amides is 1. The monoisotopic (exact) mass is 361 g/mol. The molecule has 2 unspecified atom stereocenters. The van der Waals surface area contributed by atoms with Crippen LogP contribution >= 0.6 is 0 Å². The molecule has 0 aromatic heterocycles. The van der Waals surface area contributed by atoms with E-state index in [9.17, 15) is 14.7 Å². The van der Waals surface area contributed by atoms with Crippen molar-refractivity contribution in [2.75, 3.05) is 13.2 Å². The number of unbranched alkanes of at least 4 members (excludes halogenated alkanes) is 3. The van der Waals surface area contributed by atoms with Gasteiger partial charge in [0, 0.05) is 19.4 Å². The first-order chi connectivity index (χ1) is 12.6. The molecule has 1 amide bonds. The molecule has 0 aliphatic carbocycles. The highest BCUT2D eigenvalue weighted by atomic mass is 16.6. The average molecular weight is 361 g/mol. The zero-order chi connectivity index (χ0) is 18.8. The van der Waals surface area contributed by atoms with Crippen LogP contribution in [0.4, 0.5) is 4.79 Å². The molecule has 142 valence electrons. The third-order valence-electron chi connectivity index (χ3n) is 4.40. The lowest BCUT2D eigenvalue weighted by Gasteiger charge is -2.19. The van der Waals surface area contributed by atoms with Crippen LogP contribution in [0.5, 0.6) is 0 Å². The molecule has 2 atom stereocenters. The summed E-state index contributed by atoms with van der Waals surface area (Å²) in [6.07, 6.45) is 6.53. The van der Waals surface area contributed by atoms with Crippen LogP contribution in [-0.2, 0) is 16.0 Å². The van der Waals surface area contributed by atoms with Crippen LogP contribution in [-0.4, -0.2) is 52.5 Å². The summed E-state index contributed by atoms with van der Waals surface area (Å²) in [5.74, 6) is -0.771. The molecule has 6 heteroatoms. The summed E-state index contributed by atoms with van der Waals surface area (Å²) < 4.78 is 5.11. The topological polar surface area (TPSA) is 87.1 Å². The van der Waals surface area contributed by atoms with Gasteiger partial charge >= 0.3 is 12.1 Å². The van der Waals surface area contributed by atoms with Gasteiger partial charge in [0.25, 0.3) is 0 Å². The molecule has 1 fully saturated rings. The highest BCUT2D eigenvalue weighted by molar-refractivity contribution is 5.70. The van der Waals surface area contributed by atoms with E-state index in [0.717, 1.165) is 24.8 Å². The van der Waals surface area contributed by atoms with Gasteiger partial charge in [-0.3, -0.25) is 9.69 Å². The second kappa shape index (κ2) is 10.6. The van der Waals surface area contributed by atoms with Crippen LogP contribution in [0.3, 0.4) is 0 Å². The van der Waals surface area contributed by atoms with Gasteiger partial charge in [0.15, 0.2) is 0 Å². The van der Waals surface area contributed by atoms with E-state index in [1.807, 2.05) is 36.4 Å². The van der Waals surface area contributed by atoms with Crippen LogP contribution < -0.4 is 0 Å². The van der Waals surface area contributed by atoms with Crippen molar-refractivity contribution in [1.29, 1.82) is 0 Å². The van der Waals surface area contributed by atoms with Gasteiger partial charge in [0.05, 0.1) is 12.1 Å². The first-order valence-electron chi connectivity index (χ1n) is 9.12. The Hall–Kier alpha value is -2.34. The second-order valence-corrected chi connectivity index (χ2v) is 6.54. The molecule has 0 spiro atoms. The molecular weight excluding hydrogens is 334 g/mol. The van der Waals surface area contributed by atoms with Crippen molar-refractivity contribution >= 4 is 12.1 Å². The van der Waals surface area contributed by atoms with E-state index in [4.69, 9.17) is 9.84 Å². The van der Waals surface area contributed by atoms with Gasteiger partial charge in [-0.05, 0) is 18.4 Å². The normalized spacial score (nSPS) is 18.3. The number of hydrogen-bond acceptors (Lipinski definition) is 4. The molecular formula is C20H27NO5. The lowest BCUT2D eigenvalue weighted by atomic mass is 10.1. The smallest absolute Gasteiger partial charge is 0.410 e. The summed E-state index contributed by atoms with van der Waals surface area (Å²) >= 11 is 0. The van der Waals surface area contributed by atoms with Gasteiger partial charge < -0.3 is 14.9 Å². The molecule has 1 aliphatic heterocycles. The molecule has 2 N–H and O–H groups in total. The zero-order valence-corrected chi connectivity index (χ0v) is 14.9. The van der Waals surface area contributed by atoms with Crippen molar-refractivity contribution in [1.82, 2.24) is 4.90 Å². The number of carbonyl (C=O) groups excluding carboxylic acids is 1. The number of cyclic esters (lactones) is 1. The summed E-state index contributed by atoms with van der Waals surface area (Å²) in [4.78, 5) is 24.0. The Balaban J connectivity index is 1.74. The predicted molar refractivity (Wildman–Crippen MR) is 97.9 cm³/mol. The molecule has 0 saturated carbocycles. The zero-order valence-electron chi connectivity index (χ0n) is 14.9. The van der Waals surface area contributed by atoms with Crippen molar-refractivity contribution in [2.24, 2.45) is 0 Å². The maximum absolute atomic E-state index is 11.9. The number of aliphatic hydroxyl groups is 1. The summed E-state index contributed by atoms with van der Waals surface area (Å²) in [7, 11) is 0. The van der Waals surface area contributed by atoms with Crippen molar-refractivity contribution in [3.63, 3.8) is 0 Å². The number of aliphatic carboxylic acids is 1. The molecule has 1 aliphatic rings. The number of ether oxygens (including phenoxy) is 1. The summed E-state index contributed by atoms with van der Waals surface area (Å²) in [6, 6.07) is 9.59. The van der Waals surface area contributed by atoms with Crippen molar-refractivity contribution < 1.29 is 24.5 Å². The minimum Gasteiger partial charge on any atom is -0.481 e. The first-order valence-corrected chi connectivity index (χ1v) is 9.12. The number of rotatable bonds is 11. The molecule has 1 aromatic carbocycles.